The van der Waals surface area contributed by atoms with Crippen molar-refractivity contribution in [1.29, 1.82) is 0 Å². The molecular weight excluding hydrogens is 315 g/mol. The predicted molar refractivity (Wildman–Crippen MR) is 89.1 cm³/mol. The van der Waals surface area contributed by atoms with E-state index in [0.29, 0.717) is 13.0 Å². The Morgan fingerprint density at radius 2 is 2.00 bits per heavy atom. The van der Waals surface area contributed by atoms with E-state index >= 15 is 0 Å². The summed E-state index contributed by atoms with van der Waals surface area (Å²) in [6, 6.07) is 10.4. The second-order valence-electron chi connectivity index (χ2n) is 5.99. The van der Waals surface area contributed by atoms with Gasteiger partial charge in [-0.1, -0.05) is 50.1 Å². The van der Waals surface area contributed by atoms with E-state index < -0.39 is 13.6 Å². The van der Waals surface area contributed by atoms with Crippen LogP contribution in [0.4, 0.5) is 0 Å². The van der Waals surface area contributed by atoms with Crippen LogP contribution in [0.15, 0.2) is 30.3 Å². The molecule has 0 bridgehead atoms. The van der Waals surface area contributed by atoms with Crippen LogP contribution in [0, 0.1) is 0 Å². The summed E-state index contributed by atoms with van der Waals surface area (Å²) in [7, 11) is -3.93. The minimum atomic E-state index is -3.93. The molecule has 1 aromatic rings. The molecule has 23 heavy (non-hydrogen) atoms. The Bertz CT molecular complexity index is 507. The van der Waals surface area contributed by atoms with Crippen molar-refractivity contribution >= 4 is 7.82 Å². The van der Waals surface area contributed by atoms with Gasteiger partial charge in [0.2, 0.25) is 5.79 Å². The van der Waals surface area contributed by atoms with Gasteiger partial charge in [-0.25, -0.2) is 4.57 Å². The number of rotatable bonds is 10. The molecule has 0 saturated carbocycles. The number of unbranched alkanes of at least 4 members (excludes halogenated alkanes) is 3. The van der Waals surface area contributed by atoms with Gasteiger partial charge >= 0.3 is 7.82 Å². The van der Waals surface area contributed by atoms with Crippen LogP contribution in [-0.4, -0.2) is 23.9 Å². The lowest BCUT2D eigenvalue weighted by atomic mass is 10.1. The summed E-state index contributed by atoms with van der Waals surface area (Å²) in [5, 5.41) is 0. The van der Waals surface area contributed by atoms with Crippen LogP contribution in [0.5, 0.6) is 0 Å². The van der Waals surface area contributed by atoms with E-state index in [0.717, 1.165) is 38.5 Å². The van der Waals surface area contributed by atoms with Gasteiger partial charge in [0.1, 0.15) is 6.61 Å². The van der Waals surface area contributed by atoms with Crippen LogP contribution in [0.1, 0.15) is 51.0 Å². The largest absolute Gasteiger partial charge is 0.475 e. The molecule has 2 unspecified atom stereocenters. The minimum Gasteiger partial charge on any atom is -0.347 e. The van der Waals surface area contributed by atoms with Gasteiger partial charge in [0.25, 0.3) is 0 Å². The van der Waals surface area contributed by atoms with Crippen molar-refractivity contribution in [3.63, 3.8) is 0 Å². The van der Waals surface area contributed by atoms with Gasteiger partial charge in [0, 0.05) is 6.42 Å². The molecule has 2 rings (SSSR count). The van der Waals surface area contributed by atoms with Crippen LogP contribution in [-0.2, 0) is 24.8 Å². The molecule has 5 nitrogen and oxygen atoms in total. The zero-order chi connectivity index (χ0) is 16.6. The summed E-state index contributed by atoms with van der Waals surface area (Å²) in [6.45, 7) is 2.61. The normalized spacial score (nSPS) is 27.4. The highest BCUT2D eigenvalue weighted by molar-refractivity contribution is 7.47. The van der Waals surface area contributed by atoms with Gasteiger partial charge in [0.15, 0.2) is 0 Å². The van der Waals surface area contributed by atoms with Crippen molar-refractivity contribution in [2.45, 2.75) is 57.7 Å². The molecule has 0 radical (unpaired) electrons. The summed E-state index contributed by atoms with van der Waals surface area (Å²) in [5.74, 6) is -1.04. The van der Waals surface area contributed by atoms with Crippen LogP contribution in [0.2, 0.25) is 0 Å². The predicted octanol–water partition coefficient (Wildman–Crippen LogP) is 4.45. The lowest BCUT2D eigenvalue weighted by Gasteiger charge is -2.26. The number of phosphoric ester groups is 1. The monoisotopic (exact) mass is 342 g/mol. The van der Waals surface area contributed by atoms with E-state index in [9.17, 15) is 9.46 Å². The van der Waals surface area contributed by atoms with E-state index in [1.165, 1.54) is 5.56 Å². The zero-order valence-electron chi connectivity index (χ0n) is 13.8. The topological polar surface area (TPSA) is 65.0 Å². The average Bonchev–Trinajstić information content (AvgIpc) is 2.85. The first-order valence-electron chi connectivity index (χ1n) is 8.41. The van der Waals surface area contributed by atoms with E-state index in [2.05, 4.69) is 31.2 Å². The maximum Gasteiger partial charge on any atom is 0.475 e. The number of ether oxygens (including phenoxy) is 1. The molecule has 1 aromatic carbocycles. The summed E-state index contributed by atoms with van der Waals surface area (Å²) < 4.78 is 27.4. The molecule has 0 aliphatic carbocycles. The lowest BCUT2D eigenvalue weighted by Crippen LogP contribution is -2.35. The highest BCUT2D eigenvalue weighted by atomic mass is 31.2. The Balaban J connectivity index is 1.67. The van der Waals surface area contributed by atoms with Gasteiger partial charge in [0.05, 0.1) is 6.61 Å². The number of benzene rings is 1. The Morgan fingerprint density at radius 1 is 1.22 bits per heavy atom. The molecule has 1 N–H and O–H groups in total. The minimum absolute atomic E-state index is 0.0325. The smallest absolute Gasteiger partial charge is 0.347 e. The molecule has 0 spiro atoms. The molecule has 6 heteroatoms. The molecule has 1 fully saturated rings. The van der Waals surface area contributed by atoms with E-state index in [1.54, 1.807) is 0 Å². The standard InChI is InChI=1S/C17H27O5P/c1-2-3-13-17(15-21-23(18,19)22-17)20-14-9-5-8-12-16-10-6-4-7-11-16/h4,6-7,10-11H,2-3,5,8-9,12-15H2,1H3,(H,18,19). The maximum atomic E-state index is 11.5. The van der Waals surface area contributed by atoms with Crippen LogP contribution >= 0.6 is 7.82 Å². The third-order valence-electron chi connectivity index (χ3n) is 3.96. The Hall–Kier alpha value is -0.710. The third kappa shape index (κ3) is 6.36. The fraction of sp³-hybridized carbons (Fsp3) is 0.647. The fourth-order valence-corrected chi connectivity index (χ4v) is 3.69. The van der Waals surface area contributed by atoms with Gasteiger partial charge in [-0.2, -0.15) is 0 Å². The Morgan fingerprint density at radius 3 is 2.65 bits per heavy atom. The zero-order valence-corrected chi connectivity index (χ0v) is 14.7. The van der Waals surface area contributed by atoms with Gasteiger partial charge in [-0.05, 0) is 31.2 Å². The van der Waals surface area contributed by atoms with Crippen molar-refractivity contribution in [2.75, 3.05) is 13.2 Å². The molecule has 130 valence electrons. The SMILES string of the molecule is CCCCC1(OCCCCCc2ccccc2)COP(=O)(O)O1. The van der Waals surface area contributed by atoms with Gasteiger partial charge < -0.3 is 9.63 Å². The van der Waals surface area contributed by atoms with Crippen molar-refractivity contribution in [3.05, 3.63) is 35.9 Å². The molecule has 1 heterocycles. The second-order valence-corrected chi connectivity index (χ2v) is 7.37. The van der Waals surface area contributed by atoms with E-state index in [-0.39, 0.29) is 6.61 Å². The van der Waals surface area contributed by atoms with Crippen LogP contribution in [0.25, 0.3) is 0 Å². The molecule has 1 aliphatic heterocycles. The average molecular weight is 342 g/mol. The van der Waals surface area contributed by atoms with Crippen LogP contribution < -0.4 is 0 Å². The third-order valence-corrected chi connectivity index (χ3v) is 4.98. The highest BCUT2D eigenvalue weighted by Gasteiger charge is 2.48. The van der Waals surface area contributed by atoms with Crippen molar-refractivity contribution < 1.29 is 23.2 Å². The Kier molecular flexibility index (Phi) is 7.25. The number of phosphoric acid groups is 1. The molecule has 1 saturated heterocycles. The van der Waals surface area contributed by atoms with Crippen molar-refractivity contribution in [2.24, 2.45) is 0 Å². The second kappa shape index (κ2) is 8.95. The molecule has 1 aliphatic rings. The van der Waals surface area contributed by atoms with Gasteiger partial charge in [-0.15, -0.1) is 0 Å². The Labute approximate surface area is 138 Å². The summed E-state index contributed by atoms with van der Waals surface area (Å²) in [6.07, 6.45) is 6.55. The lowest BCUT2D eigenvalue weighted by molar-refractivity contribution is -0.179. The summed E-state index contributed by atoms with van der Waals surface area (Å²) in [4.78, 5) is 9.43. The molecule has 2 atom stereocenters. The van der Waals surface area contributed by atoms with E-state index in [4.69, 9.17) is 13.8 Å². The van der Waals surface area contributed by atoms with Crippen molar-refractivity contribution in [1.82, 2.24) is 0 Å². The summed E-state index contributed by atoms with van der Waals surface area (Å²) >= 11 is 0. The summed E-state index contributed by atoms with van der Waals surface area (Å²) in [5.41, 5.74) is 1.35. The quantitative estimate of drug-likeness (QED) is 0.503. The fourth-order valence-electron chi connectivity index (χ4n) is 2.66. The van der Waals surface area contributed by atoms with Crippen molar-refractivity contribution in [3.8, 4) is 0 Å². The number of hydrogen-bond donors (Lipinski definition) is 1. The number of hydrogen-bond acceptors (Lipinski definition) is 4. The van der Waals surface area contributed by atoms with Crippen LogP contribution in [0.3, 0.4) is 0 Å². The first kappa shape index (κ1) is 18.6. The first-order valence-corrected chi connectivity index (χ1v) is 9.91. The molecule has 0 amide bonds. The first-order chi connectivity index (χ1) is 11.1. The highest BCUT2D eigenvalue weighted by Crippen LogP contribution is 2.55. The van der Waals surface area contributed by atoms with Gasteiger partial charge in [-0.3, -0.25) is 9.05 Å². The van der Waals surface area contributed by atoms with E-state index in [1.807, 2.05) is 6.07 Å². The molecular formula is C17H27O5P. The molecule has 0 aromatic heterocycles. The number of aryl methyl sites for hydroxylation is 1. The maximum absolute atomic E-state index is 11.5.